The molecule has 18 heteroatoms. The van der Waals surface area contributed by atoms with Crippen LogP contribution in [0, 0.1) is 23.7 Å². The predicted molar refractivity (Wildman–Crippen MR) is 275 cm³/mol. The van der Waals surface area contributed by atoms with Gasteiger partial charge in [0.2, 0.25) is 5.95 Å². The van der Waals surface area contributed by atoms with Crippen molar-refractivity contribution in [3.8, 4) is 11.1 Å². The number of carbonyl (C=O) groups is 1. The summed E-state index contributed by atoms with van der Waals surface area (Å²) in [4.78, 5) is 22.3. The van der Waals surface area contributed by atoms with Crippen LogP contribution < -0.4 is 11.1 Å². The Labute approximate surface area is 433 Å². The van der Waals surface area contributed by atoms with Crippen LogP contribution in [0.15, 0.2) is 54.5 Å². The summed E-state index contributed by atoms with van der Waals surface area (Å²) in [6.07, 6.45) is -2.37. The molecule has 1 aromatic heterocycles. The molecule has 0 aliphatic carbocycles. The summed E-state index contributed by atoms with van der Waals surface area (Å²) >= 11 is 0. The van der Waals surface area contributed by atoms with Crippen molar-refractivity contribution in [1.82, 2.24) is 20.1 Å². The zero-order chi connectivity index (χ0) is 54.2. The molecule has 3 fully saturated rings. The molecular weight excluding hydrogens is 945 g/mol. The second-order valence-electron chi connectivity index (χ2n) is 22.3. The molecule has 0 amide bonds. The van der Waals surface area contributed by atoms with E-state index in [-0.39, 0.29) is 37.3 Å². The highest BCUT2D eigenvalue weighted by molar-refractivity contribution is 5.73. The van der Waals surface area contributed by atoms with Gasteiger partial charge >= 0.3 is 5.97 Å². The number of pyridine rings is 1. The van der Waals surface area contributed by atoms with Gasteiger partial charge in [0, 0.05) is 81.1 Å². The third-order valence-corrected chi connectivity index (χ3v) is 16.0. The zero-order valence-corrected chi connectivity index (χ0v) is 45.7. The van der Waals surface area contributed by atoms with Gasteiger partial charge in [-0.2, -0.15) is 4.39 Å². The van der Waals surface area contributed by atoms with E-state index >= 15 is 0 Å². The molecule has 0 saturated carbocycles. The van der Waals surface area contributed by atoms with Crippen LogP contribution in [0.3, 0.4) is 0 Å². The molecule has 3 aliphatic heterocycles. The summed E-state index contributed by atoms with van der Waals surface area (Å²) in [7, 11) is 5.38. The summed E-state index contributed by atoms with van der Waals surface area (Å²) in [5, 5.41) is 50.6. The summed E-state index contributed by atoms with van der Waals surface area (Å²) in [6, 6.07) is 9.55. The largest absolute Gasteiger partial charge is 0.459 e. The highest BCUT2D eigenvalue weighted by Crippen LogP contribution is 2.40. The fourth-order valence-electron chi connectivity index (χ4n) is 11.3. The number of aliphatic hydroxyl groups is 4. The van der Waals surface area contributed by atoms with Gasteiger partial charge < -0.3 is 69.7 Å². The van der Waals surface area contributed by atoms with Crippen LogP contribution in [0.5, 0.6) is 0 Å². The lowest BCUT2D eigenvalue weighted by molar-refractivity contribution is -0.308. The van der Waals surface area contributed by atoms with Gasteiger partial charge in [0.25, 0.3) is 0 Å². The number of esters is 1. The summed E-state index contributed by atoms with van der Waals surface area (Å²) < 4.78 is 67.1. The van der Waals surface area contributed by atoms with Crippen molar-refractivity contribution in [3.63, 3.8) is 0 Å². The van der Waals surface area contributed by atoms with Gasteiger partial charge in [-0.1, -0.05) is 45.0 Å². The third-order valence-electron chi connectivity index (χ3n) is 16.0. The summed E-state index contributed by atoms with van der Waals surface area (Å²) in [5.41, 5.74) is 4.61. The van der Waals surface area contributed by atoms with E-state index in [1.165, 1.54) is 20.2 Å². The Bertz CT molecular complexity index is 2070. The first-order valence-electron chi connectivity index (χ1n) is 26.3. The van der Waals surface area contributed by atoms with E-state index in [2.05, 4.69) is 15.2 Å². The van der Waals surface area contributed by atoms with Crippen molar-refractivity contribution in [2.75, 3.05) is 41.0 Å². The van der Waals surface area contributed by atoms with Gasteiger partial charge in [-0.25, -0.2) is 9.37 Å². The van der Waals surface area contributed by atoms with E-state index in [1.54, 1.807) is 65.1 Å². The number of hydrogen-bond acceptors (Lipinski definition) is 16. The molecule has 4 heterocycles. The molecule has 7 N–H and O–H groups in total. The number of alkyl halides is 1. The normalized spacial score (nSPS) is 38.3. The highest BCUT2D eigenvalue weighted by atomic mass is 19.1. The molecule has 73 heavy (non-hydrogen) atoms. The number of rotatable bonds is 16. The Morgan fingerprint density at radius 3 is 2.33 bits per heavy atom. The first-order valence-corrected chi connectivity index (χ1v) is 26.3. The molecule has 0 radical (unpaired) electrons. The molecule has 0 bridgehead atoms. The molecule has 18 atom stereocenters. The number of carbonyl (C=O) groups excluding carboxylic acids is 1. The van der Waals surface area contributed by atoms with Crippen molar-refractivity contribution < 1.29 is 62.4 Å². The van der Waals surface area contributed by atoms with Crippen LogP contribution in [0.25, 0.3) is 11.1 Å². The lowest BCUT2D eigenvalue weighted by atomic mass is 9.77. The van der Waals surface area contributed by atoms with E-state index in [4.69, 9.17) is 34.2 Å². The van der Waals surface area contributed by atoms with E-state index in [1.807, 2.05) is 58.8 Å². The molecule has 1 aromatic carbocycles. The molecule has 3 saturated heterocycles. The Morgan fingerprint density at radius 1 is 1.01 bits per heavy atom. The monoisotopic (exact) mass is 1030 g/mol. The Balaban J connectivity index is 1.36. The maximum atomic E-state index is 14.5. The van der Waals surface area contributed by atoms with E-state index in [9.17, 15) is 34.0 Å². The number of likely N-dealkylation sites (N-methyl/N-ethyl adjacent to an activating group) is 1. The molecule has 16 nitrogen and oxygen atoms in total. The fourth-order valence-corrected chi connectivity index (χ4v) is 11.3. The van der Waals surface area contributed by atoms with Crippen LogP contribution in [-0.2, 0) is 39.6 Å². The second kappa shape index (κ2) is 26.1. The van der Waals surface area contributed by atoms with Crippen LogP contribution in [0.4, 0.5) is 8.78 Å². The van der Waals surface area contributed by atoms with Crippen LogP contribution in [0.1, 0.15) is 113 Å². The van der Waals surface area contributed by atoms with E-state index in [0.29, 0.717) is 55.6 Å². The van der Waals surface area contributed by atoms with Crippen LogP contribution in [0.2, 0.25) is 0 Å². The predicted octanol–water partition coefficient (Wildman–Crippen LogP) is 5.86. The molecule has 0 unspecified atom stereocenters. The van der Waals surface area contributed by atoms with Crippen molar-refractivity contribution in [1.29, 1.82) is 0 Å². The van der Waals surface area contributed by atoms with Crippen molar-refractivity contribution >= 4 is 5.97 Å². The number of nitrogens with zero attached hydrogens (tertiary/aromatic N) is 3. The Hall–Kier alpha value is -3.40. The molecule has 5 rings (SSSR count). The quantitative estimate of drug-likeness (QED) is 0.0859. The number of cyclic esters (lactones) is 1. The average Bonchev–Trinajstić information content (AvgIpc) is 3.34. The van der Waals surface area contributed by atoms with E-state index in [0.717, 1.165) is 5.56 Å². The maximum absolute atomic E-state index is 14.5. The number of halogens is 2. The van der Waals surface area contributed by atoms with Crippen molar-refractivity contribution in [3.05, 3.63) is 66.0 Å². The number of hydrogen-bond donors (Lipinski definition) is 6. The number of ether oxygens (including phenoxy) is 6. The first kappa shape index (κ1) is 60.5. The number of benzene rings is 1. The number of methoxy groups -OCH3 is 1. The van der Waals surface area contributed by atoms with Gasteiger partial charge in [0.05, 0.1) is 47.6 Å². The van der Waals surface area contributed by atoms with Gasteiger partial charge in [0.1, 0.15) is 30.6 Å². The van der Waals surface area contributed by atoms with Crippen molar-refractivity contribution in [2.45, 2.75) is 204 Å². The highest BCUT2D eigenvalue weighted by Gasteiger charge is 2.52. The standard InChI is InChI=1S/C55H89F2N5O11/c1-14-44-55(10,67)48(63)36(6)62(12)31-32(2)27-53(8,66)50(34(4)47(35(5)52(65)71-44)72-46-28-54(9,68-13)49(64)37(7)70-46)73-45-26-42(24-33(3)69-45)61(11)23-21-40(58)30-60-41(29-56)25-38-17-19-39(20-18-38)43-16-15-22-59-51(43)57/h15-20,22,30,32-37,41-42,44-50,60,63-64,66-67H,14,21,23-29,31,58H2,1-13H3/b40-30-/t32-,33-,34+,35-,36-,37+,41+,42+,44-,45+,46+,47+,48-,49+,50-,53-,54-,55-/m1/s1. The van der Waals surface area contributed by atoms with Gasteiger partial charge in [0.15, 0.2) is 12.6 Å². The Kier molecular flexibility index (Phi) is 21.6. The molecule has 0 spiro atoms. The number of nitrogens with one attached hydrogen (secondary N) is 1. The molecular formula is C55H89F2N5O11. The van der Waals surface area contributed by atoms with Crippen LogP contribution >= 0.6 is 0 Å². The molecule has 414 valence electrons. The fraction of sp³-hybridized carbons (Fsp3) is 0.745. The smallest absolute Gasteiger partial charge is 0.311 e. The van der Waals surface area contributed by atoms with Gasteiger partial charge in [-0.05, 0) is 117 Å². The molecule has 2 aromatic rings. The van der Waals surface area contributed by atoms with Gasteiger partial charge in [-0.3, -0.25) is 4.79 Å². The lowest BCUT2D eigenvalue weighted by Gasteiger charge is -2.48. The SMILES string of the molecule is CC[C@H]1OC(=O)[C@H](C)[C@@H](O[C@H]2C[C@@](C)(OC)[C@@H](O)[C@H](C)O2)[C@H](C)[C@@H](O[C@H]2C[C@@H](N(C)CC/C(N)=C/N[C@H](CF)Cc3ccc(-c4cccnc4F)cc3)C[C@@H](C)O2)[C@](C)(O)C[C@@H](C)CN(C)[C@H](C)[C@@H](O)[C@]1(C)O. The third kappa shape index (κ3) is 15.4. The maximum Gasteiger partial charge on any atom is 0.311 e. The number of aromatic nitrogens is 1. The number of nitrogens with two attached hydrogens (primary N) is 1. The first-order chi connectivity index (χ1) is 34.2. The minimum absolute atomic E-state index is 0.0193. The second-order valence-corrected chi connectivity index (χ2v) is 22.3. The minimum atomic E-state index is -1.82. The molecule has 3 aliphatic rings. The average molecular weight is 1030 g/mol. The van der Waals surface area contributed by atoms with E-state index < -0.39 is 109 Å². The van der Waals surface area contributed by atoms with Crippen LogP contribution in [-0.4, -0.2) is 172 Å². The Morgan fingerprint density at radius 2 is 1.70 bits per heavy atom. The zero-order valence-electron chi connectivity index (χ0n) is 45.7. The lowest BCUT2D eigenvalue weighted by Crippen LogP contribution is -2.59. The van der Waals surface area contributed by atoms with Gasteiger partial charge in [-0.15, -0.1) is 0 Å². The minimum Gasteiger partial charge on any atom is -0.459 e. The topological polar surface area (TPSA) is 211 Å². The summed E-state index contributed by atoms with van der Waals surface area (Å²) in [6.45, 7) is 18.2. The number of aliphatic hydroxyl groups excluding tert-OH is 2. The summed E-state index contributed by atoms with van der Waals surface area (Å²) in [5.74, 6) is -3.13. The van der Waals surface area contributed by atoms with Crippen molar-refractivity contribution in [2.24, 2.45) is 23.5 Å².